The van der Waals surface area contributed by atoms with Gasteiger partial charge in [0, 0.05) is 31.6 Å². The van der Waals surface area contributed by atoms with Crippen LogP contribution in [0.5, 0.6) is 0 Å². The topological polar surface area (TPSA) is 56.9 Å². The zero-order chi connectivity index (χ0) is 14.8. The lowest BCUT2D eigenvalue weighted by Gasteiger charge is -2.33. The molecule has 0 unspecified atom stereocenters. The Labute approximate surface area is 123 Å². The second kappa shape index (κ2) is 5.87. The summed E-state index contributed by atoms with van der Waals surface area (Å²) in [6, 6.07) is 8.27. The maximum atomic E-state index is 11.4. The van der Waals surface area contributed by atoms with Crippen molar-refractivity contribution in [2.24, 2.45) is 0 Å². The normalized spacial score (nSPS) is 16.6. The summed E-state index contributed by atoms with van der Waals surface area (Å²) in [5.74, 6) is 0.770. The van der Waals surface area contributed by atoms with Gasteiger partial charge in [0.15, 0.2) is 0 Å². The molecule has 2 heterocycles. The molecular weight excluding hydrogens is 268 g/mol. The predicted molar refractivity (Wildman–Crippen MR) is 79.9 cm³/mol. The lowest BCUT2D eigenvalue weighted by atomic mass is 10.2. The van der Waals surface area contributed by atoms with Crippen molar-refractivity contribution in [3.8, 4) is 0 Å². The second-order valence-corrected chi connectivity index (χ2v) is 5.57. The van der Waals surface area contributed by atoms with Crippen molar-refractivity contribution >= 4 is 16.9 Å². The van der Waals surface area contributed by atoms with Gasteiger partial charge in [-0.15, -0.1) is 0 Å². The van der Waals surface area contributed by atoms with Crippen molar-refractivity contribution in [1.82, 2.24) is 9.80 Å². The van der Waals surface area contributed by atoms with Gasteiger partial charge in [0.2, 0.25) is 5.91 Å². The summed E-state index contributed by atoms with van der Waals surface area (Å²) in [5.41, 5.74) is 2.15. The number of carbonyl (C=O) groups excluding carboxylic acids is 1. The molecule has 0 aliphatic carbocycles. The predicted octanol–water partition coefficient (Wildman–Crippen LogP) is 1.38. The maximum Gasteiger partial charge on any atom is 0.248 e. The minimum atomic E-state index is -0.400. The molecule has 0 saturated carbocycles. The van der Waals surface area contributed by atoms with Gasteiger partial charge in [-0.1, -0.05) is 11.6 Å². The van der Waals surface area contributed by atoms with Gasteiger partial charge in [-0.25, -0.2) is 0 Å². The lowest BCUT2D eigenvalue weighted by Crippen LogP contribution is -2.49. The number of furan rings is 1. The van der Waals surface area contributed by atoms with E-state index in [9.17, 15) is 4.79 Å². The summed E-state index contributed by atoms with van der Waals surface area (Å²) in [6.45, 7) is 5.38. The molecule has 1 saturated heterocycles. The molecule has 5 heteroatoms. The molecule has 1 aromatic heterocycles. The van der Waals surface area contributed by atoms with Crippen molar-refractivity contribution in [2.75, 3.05) is 32.8 Å². The van der Waals surface area contributed by atoms with E-state index in [0.717, 1.165) is 36.4 Å². The molecule has 1 fully saturated rings. The molecule has 0 bridgehead atoms. The summed E-state index contributed by atoms with van der Waals surface area (Å²) in [7, 11) is 0. The minimum absolute atomic E-state index is 0.186. The number of aliphatic hydroxyl groups excluding tert-OH is 1. The van der Waals surface area contributed by atoms with E-state index in [-0.39, 0.29) is 5.91 Å². The van der Waals surface area contributed by atoms with Crippen LogP contribution in [0.1, 0.15) is 11.3 Å². The number of fused-ring (bicyclic) bond motifs is 1. The molecule has 112 valence electrons. The zero-order valence-electron chi connectivity index (χ0n) is 12.2. The first kappa shape index (κ1) is 14.1. The fourth-order valence-electron chi connectivity index (χ4n) is 2.77. The molecular formula is C16H20N2O3. The highest BCUT2D eigenvalue weighted by Crippen LogP contribution is 2.22. The van der Waals surface area contributed by atoms with Gasteiger partial charge in [-0.3, -0.25) is 9.69 Å². The van der Waals surface area contributed by atoms with E-state index in [1.807, 2.05) is 6.07 Å². The van der Waals surface area contributed by atoms with Crippen LogP contribution in [0.15, 0.2) is 28.7 Å². The highest BCUT2D eigenvalue weighted by Gasteiger charge is 2.21. The summed E-state index contributed by atoms with van der Waals surface area (Å²) in [4.78, 5) is 15.4. The van der Waals surface area contributed by atoms with Crippen molar-refractivity contribution in [3.63, 3.8) is 0 Å². The van der Waals surface area contributed by atoms with Gasteiger partial charge in [-0.05, 0) is 25.1 Å². The van der Waals surface area contributed by atoms with E-state index in [1.165, 1.54) is 5.56 Å². The number of amides is 1. The molecule has 0 atom stereocenters. The van der Waals surface area contributed by atoms with Gasteiger partial charge < -0.3 is 14.4 Å². The van der Waals surface area contributed by atoms with E-state index in [1.54, 1.807) is 4.90 Å². The van der Waals surface area contributed by atoms with E-state index in [0.29, 0.717) is 13.1 Å². The fourth-order valence-corrected chi connectivity index (χ4v) is 2.77. The van der Waals surface area contributed by atoms with Crippen LogP contribution in [-0.4, -0.2) is 53.6 Å². The average Bonchev–Trinajstić information content (AvgIpc) is 2.88. The molecule has 21 heavy (non-hydrogen) atoms. The standard InChI is InChI=1S/C16H20N2O3/c1-12-2-3-15-13(8-12)9-14(21-15)10-17-4-6-18(7-5-17)16(20)11-19/h2-3,8-9,19H,4-7,10-11H2,1H3. The molecule has 0 radical (unpaired) electrons. The number of rotatable bonds is 3. The van der Waals surface area contributed by atoms with Crippen LogP contribution in [0.25, 0.3) is 11.0 Å². The van der Waals surface area contributed by atoms with Crippen molar-refractivity contribution in [1.29, 1.82) is 0 Å². The SMILES string of the molecule is Cc1ccc2oc(CN3CCN(C(=O)CO)CC3)cc2c1. The first-order valence-corrected chi connectivity index (χ1v) is 7.26. The van der Waals surface area contributed by atoms with Crippen molar-refractivity contribution in [2.45, 2.75) is 13.5 Å². The number of aliphatic hydroxyl groups is 1. The number of aryl methyl sites for hydroxylation is 1. The third-order valence-corrected chi connectivity index (χ3v) is 3.96. The Morgan fingerprint density at radius 1 is 1.24 bits per heavy atom. The van der Waals surface area contributed by atoms with Crippen LogP contribution in [0.2, 0.25) is 0 Å². The smallest absolute Gasteiger partial charge is 0.248 e. The Balaban J connectivity index is 1.63. The zero-order valence-corrected chi connectivity index (χ0v) is 12.2. The Bertz CT molecular complexity index is 642. The number of carbonyl (C=O) groups is 1. The minimum Gasteiger partial charge on any atom is -0.460 e. The highest BCUT2D eigenvalue weighted by atomic mass is 16.3. The monoisotopic (exact) mass is 288 g/mol. The second-order valence-electron chi connectivity index (χ2n) is 5.57. The Morgan fingerprint density at radius 3 is 2.71 bits per heavy atom. The van der Waals surface area contributed by atoms with Crippen LogP contribution < -0.4 is 0 Å². The maximum absolute atomic E-state index is 11.4. The molecule has 1 amide bonds. The van der Waals surface area contributed by atoms with E-state index in [2.05, 4.69) is 30.0 Å². The number of hydrogen-bond acceptors (Lipinski definition) is 4. The Morgan fingerprint density at radius 2 is 2.00 bits per heavy atom. The number of piperazine rings is 1. The van der Waals surface area contributed by atoms with Gasteiger partial charge in [0.05, 0.1) is 6.54 Å². The third kappa shape index (κ3) is 3.09. The van der Waals surface area contributed by atoms with Gasteiger partial charge in [0.1, 0.15) is 18.0 Å². The van der Waals surface area contributed by atoms with Crippen LogP contribution in [0.4, 0.5) is 0 Å². The van der Waals surface area contributed by atoms with Crippen molar-refractivity contribution in [3.05, 3.63) is 35.6 Å². The van der Waals surface area contributed by atoms with Gasteiger partial charge in [-0.2, -0.15) is 0 Å². The largest absolute Gasteiger partial charge is 0.460 e. The van der Waals surface area contributed by atoms with E-state index in [4.69, 9.17) is 9.52 Å². The number of hydrogen-bond donors (Lipinski definition) is 1. The molecule has 0 spiro atoms. The fraction of sp³-hybridized carbons (Fsp3) is 0.438. The van der Waals surface area contributed by atoms with Crippen molar-refractivity contribution < 1.29 is 14.3 Å². The molecule has 2 aromatic rings. The molecule has 3 rings (SSSR count). The van der Waals surface area contributed by atoms with Gasteiger partial charge in [0.25, 0.3) is 0 Å². The van der Waals surface area contributed by atoms with Crippen LogP contribution in [0, 0.1) is 6.92 Å². The molecule has 1 aliphatic rings. The molecule has 1 N–H and O–H groups in total. The number of benzene rings is 1. The van der Waals surface area contributed by atoms with E-state index < -0.39 is 6.61 Å². The average molecular weight is 288 g/mol. The van der Waals surface area contributed by atoms with Gasteiger partial charge >= 0.3 is 0 Å². The van der Waals surface area contributed by atoms with E-state index >= 15 is 0 Å². The lowest BCUT2D eigenvalue weighted by molar-refractivity contribution is -0.136. The summed E-state index contributed by atoms with van der Waals surface area (Å²) < 4.78 is 5.86. The molecule has 5 nitrogen and oxygen atoms in total. The summed E-state index contributed by atoms with van der Waals surface area (Å²) in [6.07, 6.45) is 0. The molecule has 1 aliphatic heterocycles. The van der Waals surface area contributed by atoms with Crippen LogP contribution in [0.3, 0.4) is 0 Å². The van der Waals surface area contributed by atoms with Crippen LogP contribution in [-0.2, 0) is 11.3 Å². The van der Waals surface area contributed by atoms with Crippen LogP contribution >= 0.6 is 0 Å². The third-order valence-electron chi connectivity index (χ3n) is 3.96. The summed E-state index contributed by atoms with van der Waals surface area (Å²) >= 11 is 0. The Kier molecular flexibility index (Phi) is 3.94. The highest BCUT2D eigenvalue weighted by molar-refractivity contribution is 5.78. The first-order chi connectivity index (χ1) is 10.2. The summed E-state index contributed by atoms with van der Waals surface area (Å²) in [5, 5.41) is 10.0. The Hall–Kier alpha value is -1.85. The number of nitrogens with zero attached hydrogens (tertiary/aromatic N) is 2. The first-order valence-electron chi connectivity index (χ1n) is 7.26. The quantitative estimate of drug-likeness (QED) is 0.927. The molecule has 1 aromatic carbocycles.